The van der Waals surface area contributed by atoms with E-state index >= 15 is 0 Å². The zero-order valence-corrected chi connectivity index (χ0v) is 20.8. The highest BCUT2D eigenvalue weighted by Gasteiger charge is 2.21. The first kappa shape index (κ1) is 23.6. The van der Waals surface area contributed by atoms with Crippen molar-refractivity contribution in [2.75, 3.05) is 26.3 Å². The number of nitrogens with zero attached hydrogens (tertiary/aromatic N) is 1. The molecule has 1 aliphatic rings. The topological polar surface area (TPSA) is 94.7 Å². The maximum Gasteiger partial charge on any atom is 0.237 e. The summed E-state index contributed by atoms with van der Waals surface area (Å²) in [6.45, 7) is 2.03. The summed E-state index contributed by atoms with van der Waals surface area (Å²) in [4.78, 5) is 21.2. The van der Waals surface area contributed by atoms with Crippen molar-refractivity contribution >= 4 is 23.4 Å². The molecule has 1 unspecified atom stereocenters. The third kappa shape index (κ3) is 4.96. The van der Waals surface area contributed by atoms with E-state index in [4.69, 9.17) is 23.9 Å². The number of hydrogen-bond donors (Lipinski definition) is 2. The van der Waals surface area contributed by atoms with Crippen LogP contribution in [-0.4, -0.2) is 42.1 Å². The number of carbonyl (C=O) groups excluding carboxylic acids is 1. The lowest BCUT2D eigenvalue weighted by atomic mass is 10.0. The van der Waals surface area contributed by atoms with Gasteiger partial charge in [-0.05, 0) is 67.6 Å². The van der Waals surface area contributed by atoms with E-state index in [-0.39, 0.29) is 12.7 Å². The summed E-state index contributed by atoms with van der Waals surface area (Å²) in [7, 11) is 3.27. The van der Waals surface area contributed by atoms with Crippen LogP contribution in [0.2, 0.25) is 0 Å². The molecule has 0 fully saturated rings. The van der Waals surface area contributed by atoms with Crippen LogP contribution in [0.3, 0.4) is 0 Å². The van der Waals surface area contributed by atoms with Crippen LogP contribution in [0.4, 0.5) is 5.69 Å². The maximum atomic E-state index is 12.9. The number of benzene rings is 3. The molecule has 0 saturated carbocycles. The normalized spacial score (nSPS) is 12.8. The van der Waals surface area contributed by atoms with E-state index < -0.39 is 5.25 Å². The van der Waals surface area contributed by atoms with Crippen LogP contribution in [0.5, 0.6) is 23.0 Å². The van der Waals surface area contributed by atoms with Gasteiger partial charge in [-0.1, -0.05) is 11.8 Å². The van der Waals surface area contributed by atoms with Gasteiger partial charge in [0.2, 0.25) is 12.7 Å². The van der Waals surface area contributed by atoms with Crippen molar-refractivity contribution in [2.24, 2.45) is 0 Å². The summed E-state index contributed by atoms with van der Waals surface area (Å²) in [5.41, 5.74) is 4.18. The molecule has 5 rings (SSSR count). The number of thioether (sulfide) groups is 1. The molecule has 0 radical (unpaired) electrons. The number of rotatable bonds is 8. The number of aromatic amines is 1. The van der Waals surface area contributed by atoms with Crippen LogP contribution in [-0.2, 0) is 4.79 Å². The Kier molecular flexibility index (Phi) is 6.73. The van der Waals surface area contributed by atoms with Crippen LogP contribution in [0.15, 0.2) is 71.9 Å². The van der Waals surface area contributed by atoms with Crippen molar-refractivity contribution < 1.29 is 23.7 Å². The second-order valence-electron chi connectivity index (χ2n) is 8.04. The lowest BCUT2D eigenvalue weighted by Crippen LogP contribution is -2.22. The fourth-order valence-corrected chi connectivity index (χ4v) is 4.58. The molecule has 0 aliphatic carbocycles. The lowest BCUT2D eigenvalue weighted by molar-refractivity contribution is -0.115. The number of H-pyrrole nitrogens is 1. The number of imidazole rings is 1. The quantitative estimate of drug-likeness (QED) is 0.302. The Labute approximate surface area is 213 Å². The SMILES string of the molecule is COc1ccc(-c2nc(SC(C)C(=O)Nc3ccc4c(c3)OCO4)[nH]c2-c2ccc(OC)cc2)cc1. The van der Waals surface area contributed by atoms with Gasteiger partial charge < -0.3 is 29.2 Å². The number of amides is 1. The minimum absolute atomic E-state index is 0.146. The Balaban J connectivity index is 1.39. The van der Waals surface area contributed by atoms with Crippen molar-refractivity contribution in [1.29, 1.82) is 0 Å². The summed E-state index contributed by atoms with van der Waals surface area (Å²) in [6, 6.07) is 20.8. The molecule has 2 heterocycles. The second kappa shape index (κ2) is 10.2. The number of ether oxygens (including phenoxy) is 4. The molecular weight excluding hydrogens is 478 g/mol. The molecule has 4 aromatic rings. The van der Waals surface area contributed by atoms with E-state index in [0.29, 0.717) is 22.3 Å². The van der Waals surface area contributed by atoms with Gasteiger partial charge in [-0.2, -0.15) is 0 Å². The summed E-state index contributed by atoms with van der Waals surface area (Å²) >= 11 is 1.35. The van der Waals surface area contributed by atoms with Gasteiger partial charge >= 0.3 is 0 Å². The molecule has 0 spiro atoms. The number of aromatic nitrogens is 2. The number of anilines is 1. The molecule has 1 aliphatic heterocycles. The highest BCUT2D eigenvalue weighted by atomic mass is 32.2. The van der Waals surface area contributed by atoms with Crippen molar-refractivity contribution in [3.63, 3.8) is 0 Å². The van der Waals surface area contributed by atoms with Gasteiger partial charge in [0, 0.05) is 22.9 Å². The maximum absolute atomic E-state index is 12.9. The summed E-state index contributed by atoms with van der Waals surface area (Å²) in [6.07, 6.45) is 0. The molecule has 0 bridgehead atoms. The Hall–Kier alpha value is -4.11. The Bertz CT molecular complexity index is 1300. The number of hydrogen-bond acceptors (Lipinski definition) is 7. The van der Waals surface area contributed by atoms with Gasteiger partial charge in [-0.15, -0.1) is 0 Å². The third-order valence-electron chi connectivity index (χ3n) is 5.72. The van der Waals surface area contributed by atoms with Crippen molar-refractivity contribution in [1.82, 2.24) is 9.97 Å². The molecule has 1 aromatic heterocycles. The van der Waals surface area contributed by atoms with E-state index in [1.807, 2.05) is 55.5 Å². The van der Waals surface area contributed by atoms with E-state index in [1.165, 1.54) is 11.8 Å². The average Bonchev–Trinajstić information content (AvgIpc) is 3.55. The first-order valence-electron chi connectivity index (χ1n) is 11.3. The largest absolute Gasteiger partial charge is 0.497 e. The molecule has 0 saturated heterocycles. The molecule has 36 heavy (non-hydrogen) atoms. The van der Waals surface area contributed by atoms with Gasteiger partial charge in [-0.25, -0.2) is 4.98 Å². The minimum atomic E-state index is -0.408. The first-order chi connectivity index (χ1) is 17.5. The Morgan fingerprint density at radius 3 is 2.25 bits per heavy atom. The number of carbonyl (C=O) groups is 1. The Morgan fingerprint density at radius 2 is 1.58 bits per heavy atom. The van der Waals surface area contributed by atoms with E-state index in [1.54, 1.807) is 32.4 Å². The van der Waals surface area contributed by atoms with Crippen LogP contribution in [0.1, 0.15) is 6.92 Å². The van der Waals surface area contributed by atoms with Crippen LogP contribution in [0.25, 0.3) is 22.5 Å². The highest BCUT2D eigenvalue weighted by Crippen LogP contribution is 2.36. The number of nitrogens with one attached hydrogen (secondary N) is 2. The molecule has 2 N–H and O–H groups in total. The van der Waals surface area contributed by atoms with Gasteiger partial charge in [0.1, 0.15) is 11.5 Å². The highest BCUT2D eigenvalue weighted by molar-refractivity contribution is 8.00. The lowest BCUT2D eigenvalue weighted by Gasteiger charge is -2.11. The molecule has 8 nitrogen and oxygen atoms in total. The standard InChI is InChI=1S/C27H25N3O5S/c1-16(26(31)28-19-8-13-22-23(14-19)35-15-34-22)36-27-29-24(17-4-9-20(32-2)10-5-17)25(30-27)18-6-11-21(33-3)12-7-18/h4-14,16H,15H2,1-3H3,(H,28,31)(H,29,30). The fraction of sp³-hybridized carbons (Fsp3) is 0.185. The number of methoxy groups -OCH3 is 2. The molecule has 3 aromatic carbocycles. The van der Waals surface area contributed by atoms with Crippen LogP contribution < -0.4 is 24.3 Å². The van der Waals surface area contributed by atoms with Gasteiger partial charge in [-0.3, -0.25) is 4.79 Å². The molecule has 9 heteroatoms. The van der Waals surface area contributed by atoms with E-state index in [9.17, 15) is 4.79 Å². The van der Waals surface area contributed by atoms with Gasteiger partial charge in [0.25, 0.3) is 0 Å². The monoisotopic (exact) mass is 503 g/mol. The minimum Gasteiger partial charge on any atom is -0.497 e. The molecule has 184 valence electrons. The zero-order valence-electron chi connectivity index (χ0n) is 20.0. The predicted molar refractivity (Wildman–Crippen MR) is 139 cm³/mol. The first-order valence-corrected chi connectivity index (χ1v) is 12.2. The van der Waals surface area contributed by atoms with Crippen molar-refractivity contribution in [2.45, 2.75) is 17.3 Å². The van der Waals surface area contributed by atoms with Gasteiger partial charge in [0.05, 0.1) is 30.9 Å². The fourth-order valence-electron chi connectivity index (χ4n) is 3.77. The van der Waals surface area contributed by atoms with Gasteiger partial charge in [0.15, 0.2) is 16.7 Å². The zero-order chi connectivity index (χ0) is 25.1. The van der Waals surface area contributed by atoms with E-state index in [0.717, 1.165) is 34.0 Å². The number of fused-ring (bicyclic) bond motifs is 1. The van der Waals surface area contributed by atoms with E-state index in [2.05, 4.69) is 10.3 Å². The summed E-state index contributed by atoms with van der Waals surface area (Å²) < 4.78 is 21.3. The molecular formula is C27H25N3O5S. The van der Waals surface area contributed by atoms with Crippen LogP contribution in [0, 0.1) is 0 Å². The smallest absolute Gasteiger partial charge is 0.237 e. The molecule has 1 amide bonds. The van der Waals surface area contributed by atoms with Crippen molar-refractivity contribution in [3.05, 3.63) is 66.7 Å². The molecule has 1 atom stereocenters. The Morgan fingerprint density at radius 1 is 0.944 bits per heavy atom. The average molecular weight is 504 g/mol. The van der Waals surface area contributed by atoms with Crippen molar-refractivity contribution in [3.8, 4) is 45.5 Å². The summed E-state index contributed by atoms with van der Waals surface area (Å²) in [5, 5.41) is 3.17. The third-order valence-corrected chi connectivity index (χ3v) is 6.71. The predicted octanol–water partition coefficient (Wildman–Crippen LogP) is 5.61. The summed E-state index contributed by atoms with van der Waals surface area (Å²) in [5.74, 6) is 2.68. The van der Waals surface area contributed by atoms with Crippen LogP contribution >= 0.6 is 11.8 Å². The second-order valence-corrected chi connectivity index (χ2v) is 9.37.